The van der Waals surface area contributed by atoms with Crippen molar-refractivity contribution in [1.82, 2.24) is 14.8 Å². The number of pyridine rings is 1. The molecule has 3 rings (SSSR count). The van der Waals surface area contributed by atoms with Gasteiger partial charge in [-0.05, 0) is 51.2 Å². The highest BCUT2D eigenvalue weighted by Crippen LogP contribution is 2.23. The minimum atomic E-state index is -0.588. The summed E-state index contributed by atoms with van der Waals surface area (Å²) in [7, 11) is 0. The number of aryl methyl sites for hydroxylation is 2. The molecule has 2 atom stereocenters. The molecular formula is C18H26N4O3. The molecule has 0 unspecified atom stereocenters. The summed E-state index contributed by atoms with van der Waals surface area (Å²) in [5.41, 5.74) is 7.73. The Hall–Kier alpha value is -2.15. The van der Waals surface area contributed by atoms with E-state index in [-0.39, 0.29) is 23.1 Å². The highest BCUT2D eigenvalue weighted by atomic mass is 16.2. The molecule has 1 aliphatic heterocycles. The molecule has 0 radical (unpaired) electrons. The average Bonchev–Trinajstić information content (AvgIpc) is 3.20. The molecule has 2 amide bonds. The van der Waals surface area contributed by atoms with Crippen molar-refractivity contribution in [3.8, 4) is 0 Å². The first-order valence-corrected chi connectivity index (χ1v) is 9.06. The lowest BCUT2D eigenvalue weighted by molar-refractivity contribution is -0.134. The van der Waals surface area contributed by atoms with Crippen LogP contribution in [0.2, 0.25) is 0 Å². The van der Waals surface area contributed by atoms with E-state index in [0.717, 1.165) is 30.5 Å². The van der Waals surface area contributed by atoms with Crippen molar-refractivity contribution in [2.24, 2.45) is 5.73 Å². The topological polar surface area (TPSA) is 99.5 Å². The minimum absolute atomic E-state index is 0.0936. The van der Waals surface area contributed by atoms with Crippen molar-refractivity contribution in [2.45, 2.75) is 51.6 Å². The highest BCUT2D eigenvalue weighted by molar-refractivity contribution is 5.98. The van der Waals surface area contributed by atoms with Crippen LogP contribution >= 0.6 is 0 Å². The third kappa shape index (κ3) is 3.20. The maximum atomic E-state index is 13.0. The Morgan fingerprint density at radius 1 is 1.32 bits per heavy atom. The van der Waals surface area contributed by atoms with Gasteiger partial charge in [-0.25, -0.2) is 0 Å². The number of nitrogens with zero attached hydrogens (tertiary/aromatic N) is 2. The number of H-pyrrole nitrogens is 1. The summed E-state index contributed by atoms with van der Waals surface area (Å²) in [5.74, 6) is -0.488. The number of fused-ring (bicyclic) bond motifs is 1. The summed E-state index contributed by atoms with van der Waals surface area (Å²) in [6, 6.07) is 0.865. The predicted molar refractivity (Wildman–Crippen MR) is 94.4 cm³/mol. The van der Waals surface area contributed by atoms with Gasteiger partial charge in [0.25, 0.3) is 11.5 Å². The fraction of sp³-hybridized carbons (Fsp3) is 0.611. The summed E-state index contributed by atoms with van der Waals surface area (Å²) in [6.07, 6.45) is 3.13. The third-order valence-electron chi connectivity index (χ3n) is 5.27. The number of aromatic amines is 1. The van der Waals surface area contributed by atoms with Crippen LogP contribution in [0.5, 0.6) is 0 Å². The second kappa shape index (κ2) is 7.00. The zero-order valence-corrected chi connectivity index (χ0v) is 14.9. The van der Waals surface area contributed by atoms with Crippen LogP contribution in [0.3, 0.4) is 0 Å². The van der Waals surface area contributed by atoms with Crippen LogP contribution in [0, 0.1) is 0 Å². The summed E-state index contributed by atoms with van der Waals surface area (Å²) in [5, 5.41) is 0. The number of hydrogen-bond acceptors (Lipinski definition) is 4. The zero-order chi connectivity index (χ0) is 18.1. The number of carbonyl (C=O) groups excluding carboxylic acids is 2. The fourth-order valence-electron chi connectivity index (χ4n) is 3.90. The Bertz CT molecular complexity index is 738. The monoisotopic (exact) mass is 346 g/mol. The van der Waals surface area contributed by atoms with E-state index in [1.807, 2.05) is 13.8 Å². The van der Waals surface area contributed by atoms with Crippen molar-refractivity contribution in [3.05, 3.63) is 33.2 Å². The Morgan fingerprint density at radius 3 is 2.72 bits per heavy atom. The van der Waals surface area contributed by atoms with Crippen LogP contribution < -0.4 is 11.3 Å². The summed E-state index contributed by atoms with van der Waals surface area (Å²) in [6.45, 7) is 5.29. The number of rotatable bonds is 4. The average molecular weight is 346 g/mol. The van der Waals surface area contributed by atoms with Gasteiger partial charge >= 0.3 is 0 Å². The molecule has 7 heteroatoms. The van der Waals surface area contributed by atoms with Gasteiger partial charge in [-0.1, -0.05) is 0 Å². The van der Waals surface area contributed by atoms with Crippen LogP contribution in [-0.2, 0) is 17.6 Å². The molecule has 2 aliphatic rings. The van der Waals surface area contributed by atoms with E-state index >= 15 is 0 Å². The number of aromatic nitrogens is 1. The van der Waals surface area contributed by atoms with Gasteiger partial charge in [0.05, 0.1) is 0 Å². The molecule has 7 nitrogen and oxygen atoms in total. The van der Waals surface area contributed by atoms with Gasteiger partial charge in [-0.2, -0.15) is 0 Å². The standard InChI is InChI=1S/C18H26N4O3/c1-3-21(4-2)18(25)15-9-12(19)10-22(15)17(24)13-8-11-6-5-7-14(11)20-16(13)23/h8,12,15H,3-7,9-10,19H2,1-2H3,(H,20,23)/t12-,15+/m1/s1. The Morgan fingerprint density at radius 2 is 2.04 bits per heavy atom. The van der Waals surface area contributed by atoms with Gasteiger partial charge in [0.1, 0.15) is 11.6 Å². The Balaban J connectivity index is 1.90. The second-order valence-corrected chi connectivity index (χ2v) is 6.85. The fourth-order valence-corrected chi connectivity index (χ4v) is 3.90. The van der Waals surface area contributed by atoms with E-state index < -0.39 is 11.9 Å². The first-order chi connectivity index (χ1) is 12.0. The van der Waals surface area contributed by atoms with Crippen molar-refractivity contribution < 1.29 is 9.59 Å². The number of likely N-dealkylation sites (N-methyl/N-ethyl adjacent to an activating group) is 1. The van der Waals surface area contributed by atoms with E-state index in [2.05, 4.69) is 4.98 Å². The van der Waals surface area contributed by atoms with Crippen LogP contribution in [0.25, 0.3) is 0 Å². The highest BCUT2D eigenvalue weighted by Gasteiger charge is 2.40. The molecule has 3 N–H and O–H groups in total. The van der Waals surface area contributed by atoms with Crippen LogP contribution in [0.4, 0.5) is 0 Å². The van der Waals surface area contributed by atoms with Gasteiger partial charge in [0.15, 0.2) is 0 Å². The van der Waals surface area contributed by atoms with E-state index in [1.165, 1.54) is 4.90 Å². The van der Waals surface area contributed by atoms with E-state index in [4.69, 9.17) is 5.73 Å². The van der Waals surface area contributed by atoms with Gasteiger partial charge in [0, 0.05) is 31.4 Å². The summed E-state index contributed by atoms with van der Waals surface area (Å²) in [4.78, 5) is 44.1. The normalized spacial score (nSPS) is 22.1. The van der Waals surface area contributed by atoms with Crippen molar-refractivity contribution in [2.75, 3.05) is 19.6 Å². The van der Waals surface area contributed by atoms with Crippen molar-refractivity contribution >= 4 is 11.8 Å². The molecule has 136 valence electrons. The molecular weight excluding hydrogens is 320 g/mol. The number of likely N-dealkylation sites (tertiary alicyclic amines) is 1. The van der Waals surface area contributed by atoms with Gasteiger partial charge in [0.2, 0.25) is 5.91 Å². The van der Waals surface area contributed by atoms with Crippen LogP contribution in [-0.4, -0.2) is 58.3 Å². The second-order valence-electron chi connectivity index (χ2n) is 6.85. The number of hydrogen-bond donors (Lipinski definition) is 2. The lowest BCUT2D eigenvalue weighted by atomic mass is 10.1. The smallest absolute Gasteiger partial charge is 0.261 e. The first-order valence-electron chi connectivity index (χ1n) is 9.06. The minimum Gasteiger partial charge on any atom is -0.341 e. The molecule has 1 aromatic heterocycles. The number of carbonyl (C=O) groups is 2. The summed E-state index contributed by atoms with van der Waals surface area (Å²) < 4.78 is 0. The quantitative estimate of drug-likeness (QED) is 0.817. The van der Waals surface area contributed by atoms with E-state index in [1.54, 1.807) is 11.0 Å². The largest absolute Gasteiger partial charge is 0.341 e. The van der Waals surface area contributed by atoms with Gasteiger partial charge in [-0.3, -0.25) is 14.4 Å². The molecule has 25 heavy (non-hydrogen) atoms. The molecule has 0 aromatic carbocycles. The Labute approximate surface area is 147 Å². The first kappa shape index (κ1) is 17.7. The predicted octanol–water partition coefficient (Wildman–Crippen LogP) is 0.274. The van der Waals surface area contributed by atoms with Crippen LogP contribution in [0.15, 0.2) is 10.9 Å². The maximum Gasteiger partial charge on any atom is 0.261 e. The molecule has 1 saturated heterocycles. The zero-order valence-electron chi connectivity index (χ0n) is 14.9. The molecule has 0 spiro atoms. The maximum absolute atomic E-state index is 13.0. The molecule has 0 bridgehead atoms. The number of nitrogens with two attached hydrogens (primary N) is 1. The van der Waals surface area contributed by atoms with Gasteiger partial charge in [-0.15, -0.1) is 0 Å². The number of nitrogens with one attached hydrogen (secondary N) is 1. The lowest BCUT2D eigenvalue weighted by Gasteiger charge is -2.28. The Kier molecular flexibility index (Phi) is 4.94. The SMILES string of the molecule is CCN(CC)C(=O)[C@@H]1C[C@@H](N)CN1C(=O)c1cc2c([nH]c1=O)CCC2. The van der Waals surface area contributed by atoms with Crippen molar-refractivity contribution in [1.29, 1.82) is 0 Å². The molecule has 0 saturated carbocycles. The lowest BCUT2D eigenvalue weighted by Crippen LogP contribution is -2.48. The molecule has 1 fully saturated rings. The van der Waals surface area contributed by atoms with Gasteiger partial charge < -0.3 is 20.5 Å². The van der Waals surface area contributed by atoms with E-state index in [9.17, 15) is 14.4 Å². The molecule has 2 heterocycles. The summed E-state index contributed by atoms with van der Waals surface area (Å²) >= 11 is 0. The third-order valence-corrected chi connectivity index (χ3v) is 5.27. The van der Waals surface area contributed by atoms with Crippen LogP contribution in [0.1, 0.15) is 48.3 Å². The van der Waals surface area contributed by atoms with E-state index in [0.29, 0.717) is 26.1 Å². The molecule has 1 aliphatic carbocycles. The number of amides is 2. The molecule has 1 aromatic rings. The van der Waals surface area contributed by atoms with Crippen molar-refractivity contribution in [3.63, 3.8) is 0 Å².